The summed E-state index contributed by atoms with van der Waals surface area (Å²) in [5, 5.41) is 9.22. The fourth-order valence-electron chi connectivity index (χ4n) is 2.15. The molecule has 1 aromatic heterocycles. The van der Waals surface area contributed by atoms with Gasteiger partial charge in [-0.2, -0.15) is 0 Å². The highest BCUT2D eigenvalue weighted by Gasteiger charge is 2.07. The van der Waals surface area contributed by atoms with Crippen molar-refractivity contribution in [1.29, 1.82) is 0 Å². The number of hydrogen-bond acceptors (Lipinski definition) is 3. The molecular formula is C16H20N2O. The fraction of sp³-hybridized carbons (Fsp3) is 0.312. The van der Waals surface area contributed by atoms with Crippen LogP contribution in [0.15, 0.2) is 42.7 Å². The Labute approximate surface area is 114 Å². The van der Waals surface area contributed by atoms with Gasteiger partial charge in [0.2, 0.25) is 0 Å². The van der Waals surface area contributed by atoms with Crippen LogP contribution in [0.5, 0.6) is 0 Å². The normalized spacial score (nSPS) is 10.5. The SMILES string of the molecule is CCN(Cc1ccncc1)c1ccc(CO)c(C)c1. The summed E-state index contributed by atoms with van der Waals surface area (Å²) >= 11 is 0. The first-order valence-corrected chi connectivity index (χ1v) is 6.58. The third kappa shape index (κ3) is 3.32. The minimum atomic E-state index is 0.0998. The Morgan fingerprint density at radius 1 is 1.16 bits per heavy atom. The van der Waals surface area contributed by atoms with Crippen molar-refractivity contribution in [3.63, 3.8) is 0 Å². The molecule has 0 aliphatic carbocycles. The number of rotatable bonds is 5. The maximum absolute atomic E-state index is 9.22. The van der Waals surface area contributed by atoms with E-state index in [4.69, 9.17) is 0 Å². The number of aliphatic hydroxyl groups excluding tert-OH is 1. The summed E-state index contributed by atoms with van der Waals surface area (Å²) in [6.45, 7) is 6.10. The summed E-state index contributed by atoms with van der Waals surface area (Å²) < 4.78 is 0. The summed E-state index contributed by atoms with van der Waals surface area (Å²) in [6, 6.07) is 10.3. The van der Waals surface area contributed by atoms with Gasteiger partial charge in [0, 0.05) is 31.2 Å². The van der Waals surface area contributed by atoms with Gasteiger partial charge < -0.3 is 10.0 Å². The summed E-state index contributed by atoms with van der Waals surface area (Å²) in [7, 11) is 0. The summed E-state index contributed by atoms with van der Waals surface area (Å²) in [4.78, 5) is 6.35. The standard InChI is InChI=1S/C16H20N2O/c1-3-18(11-14-6-8-17-9-7-14)16-5-4-15(12-19)13(2)10-16/h4-10,19H,3,11-12H2,1-2H3. The number of aryl methyl sites for hydroxylation is 1. The van der Waals surface area contributed by atoms with E-state index in [2.05, 4.69) is 28.9 Å². The number of anilines is 1. The molecule has 3 nitrogen and oxygen atoms in total. The summed E-state index contributed by atoms with van der Waals surface area (Å²) in [5.41, 5.74) is 4.56. The Balaban J connectivity index is 2.20. The van der Waals surface area contributed by atoms with Crippen LogP contribution < -0.4 is 4.90 Å². The Bertz CT molecular complexity index is 526. The Hall–Kier alpha value is -1.87. The second kappa shape index (κ2) is 6.34. The highest BCUT2D eigenvalue weighted by atomic mass is 16.3. The van der Waals surface area contributed by atoms with Crippen LogP contribution in [0.4, 0.5) is 5.69 Å². The number of pyridine rings is 1. The first kappa shape index (κ1) is 13.6. The third-order valence-electron chi connectivity index (χ3n) is 3.37. The van der Waals surface area contributed by atoms with Crippen LogP contribution in [0.2, 0.25) is 0 Å². The van der Waals surface area contributed by atoms with Gasteiger partial charge in [-0.1, -0.05) is 6.07 Å². The van der Waals surface area contributed by atoms with Crippen molar-refractivity contribution in [2.75, 3.05) is 11.4 Å². The minimum absolute atomic E-state index is 0.0998. The van der Waals surface area contributed by atoms with Crippen LogP contribution in [-0.4, -0.2) is 16.6 Å². The molecule has 0 saturated carbocycles. The quantitative estimate of drug-likeness (QED) is 0.893. The van der Waals surface area contributed by atoms with E-state index in [0.717, 1.165) is 24.2 Å². The van der Waals surface area contributed by atoms with E-state index in [0.29, 0.717) is 0 Å². The Morgan fingerprint density at radius 3 is 2.47 bits per heavy atom. The van der Waals surface area contributed by atoms with E-state index in [-0.39, 0.29) is 6.61 Å². The second-order valence-electron chi connectivity index (χ2n) is 4.64. The molecule has 1 N–H and O–H groups in total. The number of aliphatic hydroxyl groups is 1. The average molecular weight is 256 g/mol. The molecule has 0 aliphatic heterocycles. The molecule has 2 aromatic rings. The van der Waals surface area contributed by atoms with Crippen molar-refractivity contribution in [2.45, 2.75) is 27.0 Å². The van der Waals surface area contributed by atoms with Crippen molar-refractivity contribution in [1.82, 2.24) is 4.98 Å². The van der Waals surface area contributed by atoms with E-state index in [1.165, 1.54) is 11.3 Å². The van der Waals surface area contributed by atoms with Crippen molar-refractivity contribution >= 4 is 5.69 Å². The smallest absolute Gasteiger partial charge is 0.0684 e. The van der Waals surface area contributed by atoms with Crippen LogP contribution in [-0.2, 0) is 13.2 Å². The highest BCUT2D eigenvalue weighted by Crippen LogP contribution is 2.21. The van der Waals surface area contributed by atoms with Crippen LogP contribution in [0.25, 0.3) is 0 Å². The Morgan fingerprint density at radius 2 is 1.89 bits per heavy atom. The highest BCUT2D eigenvalue weighted by molar-refractivity contribution is 5.51. The molecule has 0 radical (unpaired) electrons. The first-order chi connectivity index (χ1) is 9.24. The predicted octanol–water partition coefficient (Wildman–Crippen LogP) is 2.91. The van der Waals surface area contributed by atoms with Crippen molar-refractivity contribution in [3.8, 4) is 0 Å². The van der Waals surface area contributed by atoms with E-state index in [1.807, 2.05) is 37.5 Å². The monoisotopic (exact) mass is 256 g/mol. The molecule has 2 rings (SSSR count). The number of nitrogens with zero attached hydrogens (tertiary/aromatic N) is 2. The molecule has 0 spiro atoms. The van der Waals surface area contributed by atoms with Crippen LogP contribution in [0.1, 0.15) is 23.6 Å². The number of aromatic nitrogens is 1. The minimum Gasteiger partial charge on any atom is -0.392 e. The fourth-order valence-corrected chi connectivity index (χ4v) is 2.15. The predicted molar refractivity (Wildman–Crippen MR) is 78.1 cm³/mol. The zero-order valence-corrected chi connectivity index (χ0v) is 11.5. The molecule has 0 bridgehead atoms. The molecule has 0 amide bonds. The van der Waals surface area contributed by atoms with E-state index >= 15 is 0 Å². The molecule has 100 valence electrons. The van der Waals surface area contributed by atoms with Gasteiger partial charge in [-0.05, 0) is 54.8 Å². The number of benzene rings is 1. The molecule has 0 aliphatic rings. The maximum Gasteiger partial charge on any atom is 0.0684 e. The van der Waals surface area contributed by atoms with Gasteiger partial charge in [-0.3, -0.25) is 4.98 Å². The van der Waals surface area contributed by atoms with Crippen molar-refractivity contribution in [2.24, 2.45) is 0 Å². The number of hydrogen-bond donors (Lipinski definition) is 1. The van der Waals surface area contributed by atoms with E-state index < -0.39 is 0 Å². The lowest BCUT2D eigenvalue weighted by molar-refractivity contribution is 0.281. The third-order valence-corrected chi connectivity index (χ3v) is 3.37. The molecule has 1 heterocycles. The zero-order valence-electron chi connectivity index (χ0n) is 11.5. The van der Waals surface area contributed by atoms with Gasteiger partial charge >= 0.3 is 0 Å². The molecule has 0 atom stereocenters. The van der Waals surface area contributed by atoms with Gasteiger partial charge in [0.1, 0.15) is 0 Å². The van der Waals surface area contributed by atoms with Crippen molar-refractivity contribution in [3.05, 3.63) is 59.4 Å². The van der Waals surface area contributed by atoms with Crippen LogP contribution in [0.3, 0.4) is 0 Å². The van der Waals surface area contributed by atoms with Gasteiger partial charge in [0.15, 0.2) is 0 Å². The van der Waals surface area contributed by atoms with Crippen molar-refractivity contribution < 1.29 is 5.11 Å². The molecule has 3 heteroatoms. The van der Waals surface area contributed by atoms with Gasteiger partial charge in [0.25, 0.3) is 0 Å². The molecule has 0 unspecified atom stereocenters. The van der Waals surface area contributed by atoms with Crippen LogP contribution in [0, 0.1) is 6.92 Å². The van der Waals surface area contributed by atoms with Gasteiger partial charge in [0.05, 0.1) is 6.61 Å². The van der Waals surface area contributed by atoms with E-state index in [9.17, 15) is 5.11 Å². The largest absolute Gasteiger partial charge is 0.392 e. The second-order valence-corrected chi connectivity index (χ2v) is 4.64. The summed E-state index contributed by atoms with van der Waals surface area (Å²) in [5.74, 6) is 0. The first-order valence-electron chi connectivity index (χ1n) is 6.58. The summed E-state index contributed by atoms with van der Waals surface area (Å²) in [6.07, 6.45) is 3.65. The molecular weight excluding hydrogens is 236 g/mol. The molecule has 0 fully saturated rings. The lowest BCUT2D eigenvalue weighted by Crippen LogP contribution is -2.22. The topological polar surface area (TPSA) is 36.4 Å². The Kier molecular flexibility index (Phi) is 4.53. The van der Waals surface area contributed by atoms with Crippen LogP contribution >= 0.6 is 0 Å². The van der Waals surface area contributed by atoms with Gasteiger partial charge in [-0.15, -0.1) is 0 Å². The van der Waals surface area contributed by atoms with E-state index in [1.54, 1.807) is 0 Å². The van der Waals surface area contributed by atoms with Gasteiger partial charge in [-0.25, -0.2) is 0 Å². The maximum atomic E-state index is 9.22. The molecule has 19 heavy (non-hydrogen) atoms. The lowest BCUT2D eigenvalue weighted by atomic mass is 10.1. The molecule has 1 aromatic carbocycles. The molecule has 0 saturated heterocycles. The zero-order chi connectivity index (χ0) is 13.7. The average Bonchev–Trinajstić information content (AvgIpc) is 2.46. The lowest BCUT2D eigenvalue weighted by Gasteiger charge is -2.24.